The van der Waals surface area contributed by atoms with Crippen LogP contribution in [0, 0.1) is 0 Å². The van der Waals surface area contributed by atoms with E-state index < -0.39 is 21.2 Å². The fraction of sp³-hybridized carbons (Fsp3) is 0.286. The minimum absolute atomic E-state index is 0.165. The van der Waals surface area contributed by atoms with Crippen LogP contribution in [-0.4, -0.2) is 60.1 Å². The number of ether oxygens (including phenoxy) is 3. The molecule has 0 saturated heterocycles. The van der Waals surface area contributed by atoms with Crippen molar-refractivity contribution in [3.8, 4) is 34.6 Å². The summed E-state index contributed by atoms with van der Waals surface area (Å²) in [5.41, 5.74) is 2.73. The maximum Gasteiger partial charge on any atom is 0.303 e. The fourth-order valence-electron chi connectivity index (χ4n) is 4.82. The largest absolute Gasteiger partial charge is 0.494 e. The Morgan fingerprint density at radius 3 is 2.38 bits per heavy atom. The van der Waals surface area contributed by atoms with E-state index in [2.05, 4.69) is 19.9 Å². The van der Waals surface area contributed by atoms with Crippen LogP contribution in [0.25, 0.3) is 17.2 Å². The van der Waals surface area contributed by atoms with Crippen molar-refractivity contribution in [2.24, 2.45) is 0 Å². The predicted octanol–water partition coefficient (Wildman–Crippen LogP) is 3.36. The van der Waals surface area contributed by atoms with Crippen molar-refractivity contribution >= 4 is 15.9 Å². The van der Waals surface area contributed by atoms with Gasteiger partial charge >= 0.3 is 5.91 Å². The molecule has 0 fully saturated rings. The fourth-order valence-corrected chi connectivity index (χ4v) is 6.16. The van der Waals surface area contributed by atoms with E-state index in [0.29, 0.717) is 54.6 Å². The van der Waals surface area contributed by atoms with Crippen molar-refractivity contribution in [2.75, 3.05) is 20.8 Å². The molecule has 11 nitrogen and oxygen atoms in total. The molecule has 0 saturated carbocycles. The van der Waals surface area contributed by atoms with Gasteiger partial charge in [0.1, 0.15) is 22.9 Å². The Hall–Kier alpha value is -4.45. The van der Waals surface area contributed by atoms with Gasteiger partial charge in [-0.15, -0.1) is 10.2 Å². The van der Waals surface area contributed by atoms with Gasteiger partial charge in [0.25, 0.3) is 0 Å². The molecule has 40 heavy (non-hydrogen) atoms. The predicted molar refractivity (Wildman–Crippen MR) is 148 cm³/mol. The highest BCUT2D eigenvalue weighted by atomic mass is 32.2. The minimum atomic E-state index is -4.05. The van der Waals surface area contributed by atoms with Crippen molar-refractivity contribution in [2.45, 2.75) is 31.4 Å². The molecule has 1 atom stereocenters. The van der Waals surface area contributed by atoms with Crippen LogP contribution in [0.15, 0.2) is 60.7 Å². The summed E-state index contributed by atoms with van der Waals surface area (Å²) in [4.78, 5) is 18.1. The van der Waals surface area contributed by atoms with E-state index in [4.69, 9.17) is 14.2 Å². The first-order chi connectivity index (χ1) is 19.4. The molecule has 0 unspecified atom stereocenters. The van der Waals surface area contributed by atoms with E-state index in [1.54, 1.807) is 36.4 Å². The van der Waals surface area contributed by atoms with Gasteiger partial charge in [-0.2, -0.15) is 0 Å². The molecule has 1 aliphatic rings. The highest BCUT2D eigenvalue weighted by Gasteiger charge is 2.34. The second-order valence-electron chi connectivity index (χ2n) is 9.10. The molecule has 0 aliphatic heterocycles. The number of hydrogen-bond acceptors (Lipinski definition) is 9. The zero-order valence-corrected chi connectivity index (χ0v) is 23.1. The zero-order chi connectivity index (χ0) is 28.3. The van der Waals surface area contributed by atoms with Gasteiger partial charge in [0.15, 0.2) is 5.82 Å². The van der Waals surface area contributed by atoms with E-state index in [0.717, 1.165) is 11.1 Å². The molecule has 0 spiro atoms. The first kappa shape index (κ1) is 27.1. The van der Waals surface area contributed by atoms with E-state index >= 15 is 0 Å². The van der Waals surface area contributed by atoms with Gasteiger partial charge < -0.3 is 14.2 Å². The van der Waals surface area contributed by atoms with Gasteiger partial charge in [-0.3, -0.25) is 9.36 Å². The molecule has 0 bridgehead atoms. The minimum Gasteiger partial charge on any atom is -0.494 e. The Bertz CT molecular complexity index is 1630. The van der Waals surface area contributed by atoms with Gasteiger partial charge in [-0.25, -0.2) is 18.1 Å². The number of sulfonamides is 1. The van der Waals surface area contributed by atoms with Crippen LogP contribution in [0.5, 0.6) is 17.4 Å². The first-order valence-electron chi connectivity index (χ1n) is 12.8. The molecule has 1 amide bonds. The maximum absolute atomic E-state index is 13.6. The van der Waals surface area contributed by atoms with E-state index in [9.17, 15) is 13.2 Å². The monoisotopic (exact) mass is 563 g/mol. The third-order valence-corrected chi connectivity index (χ3v) is 8.46. The number of benzene rings is 2. The molecule has 4 aromatic rings. The maximum atomic E-state index is 13.6. The number of aromatic nitrogens is 4. The number of nitrogens with zero attached hydrogens (tertiary/aromatic N) is 4. The molecule has 208 valence electrons. The molecule has 2 aromatic carbocycles. The lowest BCUT2D eigenvalue weighted by atomic mass is 9.92. The molecule has 1 aliphatic carbocycles. The summed E-state index contributed by atoms with van der Waals surface area (Å²) in [6.07, 6.45) is 1.31. The molecule has 5 rings (SSSR count). The van der Waals surface area contributed by atoms with E-state index in [-0.39, 0.29) is 11.6 Å². The normalized spacial score (nSPS) is 14.7. The molecule has 12 heteroatoms. The number of amides is 1. The average molecular weight is 564 g/mol. The van der Waals surface area contributed by atoms with Gasteiger partial charge in [-0.1, -0.05) is 36.4 Å². The van der Waals surface area contributed by atoms with Gasteiger partial charge in [-0.05, 0) is 55.5 Å². The number of carbonyl (C=O) groups is 1. The molecule has 2 heterocycles. The topological polar surface area (TPSA) is 135 Å². The highest BCUT2D eigenvalue weighted by molar-refractivity contribution is 7.90. The number of methoxy groups -OCH3 is 2. The number of nitrogens with one attached hydrogen (secondary N) is 1. The second kappa shape index (κ2) is 11.3. The van der Waals surface area contributed by atoms with Crippen molar-refractivity contribution in [3.63, 3.8) is 0 Å². The summed E-state index contributed by atoms with van der Waals surface area (Å²) in [5.74, 6) is 0.00300. The third kappa shape index (κ3) is 5.22. The van der Waals surface area contributed by atoms with Crippen LogP contribution in [-0.2, 0) is 22.9 Å². The average Bonchev–Trinajstić information content (AvgIpc) is 3.41. The number of rotatable bonds is 9. The lowest BCUT2D eigenvalue weighted by Gasteiger charge is -2.24. The van der Waals surface area contributed by atoms with Gasteiger partial charge in [0.05, 0.1) is 26.1 Å². The lowest BCUT2D eigenvalue weighted by molar-refractivity contribution is 0.0969. The highest BCUT2D eigenvalue weighted by Crippen LogP contribution is 2.36. The van der Waals surface area contributed by atoms with Crippen LogP contribution in [0.4, 0.5) is 0 Å². The van der Waals surface area contributed by atoms with Gasteiger partial charge in [0, 0.05) is 6.07 Å². The number of carbonyl (C=O) groups excluding carboxylic acids is 1. The summed E-state index contributed by atoms with van der Waals surface area (Å²) in [6, 6.07) is 17.9. The number of fused-ring (bicyclic) bond motifs is 1. The lowest BCUT2D eigenvalue weighted by Crippen LogP contribution is -2.41. The quantitative estimate of drug-likeness (QED) is 0.325. The van der Waals surface area contributed by atoms with Crippen LogP contribution in [0.2, 0.25) is 0 Å². The summed E-state index contributed by atoms with van der Waals surface area (Å²) in [7, 11) is -1.10. The Morgan fingerprint density at radius 1 is 0.975 bits per heavy atom. The van der Waals surface area contributed by atoms with Crippen molar-refractivity contribution < 1.29 is 27.4 Å². The summed E-state index contributed by atoms with van der Waals surface area (Å²) in [5, 5.41) is 7.57. The molecular formula is C28H29N5O6S. The summed E-state index contributed by atoms with van der Waals surface area (Å²) in [6.45, 7) is 2.24. The van der Waals surface area contributed by atoms with Gasteiger partial charge in [0.2, 0.25) is 21.7 Å². The third-order valence-electron chi connectivity index (χ3n) is 6.71. The molecular weight excluding hydrogens is 534 g/mol. The van der Waals surface area contributed by atoms with Crippen molar-refractivity contribution in [1.82, 2.24) is 24.5 Å². The number of pyridine rings is 1. The Morgan fingerprint density at radius 2 is 1.68 bits per heavy atom. The Balaban J connectivity index is 1.58. The van der Waals surface area contributed by atoms with Crippen LogP contribution < -0.4 is 18.9 Å². The molecule has 0 radical (unpaired) electrons. The number of hydrogen-bond donors (Lipinski definition) is 1. The number of para-hydroxylation sites is 1. The van der Waals surface area contributed by atoms with Crippen LogP contribution >= 0.6 is 0 Å². The Kier molecular flexibility index (Phi) is 7.69. The van der Waals surface area contributed by atoms with Crippen LogP contribution in [0.3, 0.4) is 0 Å². The van der Waals surface area contributed by atoms with Crippen molar-refractivity contribution in [3.05, 3.63) is 77.6 Å². The summed E-state index contributed by atoms with van der Waals surface area (Å²) >= 11 is 0. The molecule has 2 aromatic heterocycles. The smallest absolute Gasteiger partial charge is 0.303 e. The van der Waals surface area contributed by atoms with Crippen molar-refractivity contribution in [1.29, 1.82) is 0 Å². The summed E-state index contributed by atoms with van der Waals surface area (Å²) < 4.78 is 47.1. The van der Waals surface area contributed by atoms with E-state index in [1.807, 2.05) is 31.2 Å². The van der Waals surface area contributed by atoms with Crippen LogP contribution in [0.1, 0.15) is 35.1 Å². The SMILES string of the molecule is CCOc1cccc(-c2nnc(C(=O)NS(=O)(=O)[C@H]3CCc4ccccc4C3)n2-c2c(OC)cccc2OC)n1. The second-order valence-corrected chi connectivity index (χ2v) is 11.1. The number of aryl methyl sites for hydroxylation is 1. The first-order valence-corrected chi connectivity index (χ1v) is 14.3. The van der Waals surface area contributed by atoms with E-state index in [1.165, 1.54) is 18.8 Å². The zero-order valence-electron chi connectivity index (χ0n) is 22.3. The Labute approximate surface area is 232 Å². The standard InChI is InChI=1S/C28H29N5O6S/c1-4-39-24-14-7-11-21(29-24)26-30-31-27(33(26)25-22(37-2)12-8-13-23(25)38-3)28(34)32-40(35,36)20-16-15-18-9-5-6-10-19(18)17-20/h5-14,20H,4,15-17H2,1-3H3,(H,32,34)/t20-/m0/s1. The molecule has 1 N–H and O–H groups in total.